The highest BCUT2D eigenvalue weighted by Gasteiger charge is 2.35. The lowest BCUT2D eigenvalue weighted by Crippen LogP contribution is -2.28. The maximum absolute atomic E-state index is 15.1. The summed E-state index contributed by atoms with van der Waals surface area (Å²) in [6.45, 7) is 2.12. The Hall–Kier alpha value is -2.78. The highest BCUT2D eigenvalue weighted by molar-refractivity contribution is 7.80. The molecule has 0 bridgehead atoms. The molecule has 27 heavy (non-hydrogen) atoms. The van der Waals surface area contributed by atoms with E-state index >= 15 is 4.39 Å². The fourth-order valence-electron chi connectivity index (χ4n) is 3.30. The zero-order chi connectivity index (χ0) is 19.1. The van der Waals surface area contributed by atoms with E-state index in [4.69, 9.17) is 17.0 Å². The predicted molar refractivity (Wildman–Crippen MR) is 113 cm³/mol. The molecule has 0 radical (unpaired) electrons. The lowest BCUT2D eigenvalue weighted by Gasteiger charge is -2.33. The van der Waals surface area contributed by atoms with Crippen LogP contribution in [-0.2, 0) is 10.2 Å². The van der Waals surface area contributed by atoms with Gasteiger partial charge in [0.05, 0.1) is 12.0 Å². The van der Waals surface area contributed by atoms with Crippen molar-refractivity contribution < 1.29 is 9.13 Å². The van der Waals surface area contributed by atoms with Crippen LogP contribution in [0.3, 0.4) is 0 Å². The Balaban J connectivity index is 2.33. The zero-order valence-corrected chi connectivity index (χ0v) is 16.0. The van der Waals surface area contributed by atoms with Crippen LogP contribution < -0.4 is 0 Å². The third-order valence-corrected chi connectivity index (χ3v) is 4.81. The van der Waals surface area contributed by atoms with Crippen molar-refractivity contribution >= 4 is 17.3 Å². The van der Waals surface area contributed by atoms with Gasteiger partial charge in [-0.2, -0.15) is 0 Å². The van der Waals surface area contributed by atoms with Gasteiger partial charge in [0, 0.05) is 0 Å². The second kappa shape index (κ2) is 8.74. The van der Waals surface area contributed by atoms with Crippen LogP contribution in [0.2, 0.25) is 0 Å². The van der Waals surface area contributed by atoms with Gasteiger partial charge in [0.2, 0.25) is 5.05 Å². The second-order valence-electron chi connectivity index (χ2n) is 6.12. The first-order valence-corrected chi connectivity index (χ1v) is 9.31. The maximum Gasteiger partial charge on any atom is 0.220 e. The number of benzene rings is 3. The van der Waals surface area contributed by atoms with Crippen molar-refractivity contribution in [3.8, 4) is 0 Å². The molecule has 3 aromatic rings. The molecule has 0 amide bonds. The Labute approximate surface area is 165 Å². The number of thiocarbonyl (C=S) groups is 1. The Bertz CT molecular complexity index is 808. The Morgan fingerprint density at radius 1 is 0.815 bits per heavy atom. The first-order valence-electron chi connectivity index (χ1n) is 8.90. The largest absolute Gasteiger partial charge is 0.482 e. The minimum atomic E-state index is -0.824. The summed E-state index contributed by atoms with van der Waals surface area (Å²) in [5.41, 5.74) is 2.04. The van der Waals surface area contributed by atoms with Crippen LogP contribution >= 0.6 is 12.2 Å². The molecule has 0 unspecified atom stereocenters. The average Bonchev–Trinajstić information content (AvgIpc) is 2.74. The molecule has 0 aliphatic carbocycles. The minimum Gasteiger partial charge on any atom is -0.482 e. The van der Waals surface area contributed by atoms with Gasteiger partial charge >= 0.3 is 0 Å². The molecule has 136 valence electrons. The van der Waals surface area contributed by atoms with Crippen LogP contribution in [0.1, 0.15) is 23.6 Å². The summed E-state index contributed by atoms with van der Waals surface area (Å²) in [4.78, 5) is 0. The van der Waals surface area contributed by atoms with E-state index in [1.807, 2.05) is 91.0 Å². The van der Waals surface area contributed by atoms with Gasteiger partial charge in [-0.3, -0.25) is 0 Å². The molecule has 0 spiro atoms. The molecule has 0 saturated carbocycles. The van der Waals surface area contributed by atoms with Crippen molar-refractivity contribution in [3.05, 3.63) is 120 Å². The molecule has 0 aromatic heterocycles. The molecule has 3 heteroatoms. The Morgan fingerprint density at radius 3 is 1.52 bits per heavy atom. The smallest absolute Gasteiger partial charge is 0.220 e. The first-order chi connectivity index (χ1) is 13.2. The van der Waals surface area contributed by atoms with Crippen molar-refractivity contribution in [2.75, 3.05) is 6.61 Å². The first kappa shape index (κ1) is 19.0. The van der Waals surface area contributed by atoms with Gasteiger partial charge in [0.25, 0.3) is 0 Å². The summed E-state index contributed by atoms with van der Waals surface area (Å²) in [6.07, 6.45) is 1.57. The second-order valence-corrected chi connectivity index (χ2v) is 6.49. The van der Waals surface area contributed by atoms with E-state index in [0.29, 0.717) is 6.61 Å². The van der Waals surface area contributed by atoms with E-state index in [9.17, 15) is 0 Å². The summed E-state index contributed by atoms with van der Waals surface area (Å²) in [7, 11) is 0. The summed E-state index contributed by atoms with van der Waals surface area (Å²) in [5, 5.41) is -0.121. The summed E-state index contributed by atoms with van der Waals surface area (Å²) < 4.78 is 20.4. The van der Waals surface area contributed by atoms with Gasteiger partial charge in [-0.05, 0) is 41.9 Å². The number of hydrogen-bond donors (Lipinski definition) is 0. The number of ether oxygens (including phenoxy) is 1. The van der Waals surface area contributed by atoms with E-state index < -0.39 is 11.2 Å². The van der Waals surface area contributed by atoms with Crippen LogP contribution in [0.15, 0.2) is 103 Å². The molecule has 0 N–H and O–H groups in total. The molecule has 3 aromatic carbocycles. The molecular weight excluding hydrogens is 355 g/mol. The van der Waals surface area contributed by atoms with E-state index in [2.05, 4.69) is 0 Å². The highest BCUT2D eigenvalue weighted by Crippen LogP contribution is 2.41. The fraction of sp³-hybridized carbons (Fsp3) is 0.125. The quantitative estimate of drug-likeness (QED) is 0.286. The van der Waals surface area contributed by atoms with E-state index in [1.54, 1.807) is 13.0 Å². The van der Waals surface area contributed by atoms with Gasteiger partial charge in [0.1, 0.15) is 0 Å². The Kier molecular flexibility index (Phi) is 6.15. The van der Waals surface area contributed by atoms with Crippen LogP contribution in [0, 0.1) is 0 Å². The van der Waals surface area contributed by atoms with Crippen molar-refractivity contribution in [1.82, 2.24) is 0 Å². The standard InChI is InChI=1S/C24H21FOS/c1-2-26-23(27)22(25)18-24(19-12-6-3-7-13-19,20-14-8-4-9-15-20)21-16-10-5-11-17-21/h3-18H,2H2,1H3/b22-18-. The van der Waals surface area contributed by atoms with Crippen LogP contribution in [0.5, 0.6) is 0 Å². The molecule has 0 aliphatic heterocycles. The number of rotatable bonds is 6. The van der Waals surface area contributed by atoms with Gasteiger partial charge < -0.3 is 4.74 Å². The average molecular weight is 376 g/mol. The van der Waals surface area contributed by atoms with Crippen LogP contribution in [0.25, 0.3) is 0 Å². The van der Waals surface area contributed by atoms with E-state index in [0.717, 1.165) is 16.7 Å². The maximum atomic E-state index is 15.1. The summed E-state index contributed by atoms with van der Waals surface area (Å²) in [6, 6.07) is 29.7. The van der Waals surface area contributed by atoms with Crippen molar-refractivity contribution in [3.63, 3.8) is 0 Å². The van der Waals surface area contributed by atoms with E-state index in [1.165, 1.54) is 0 Å². The van der Waals surface area contributed by atoms with Gasteiger partial charge in [0.15, 0.2) is 5.83 Å². The van der Waals surface area contributed by atoms with Gasteiger partial charge in [-0.1, -0.05) is 91.0 Å². The molecule has 0 aliphatic rings. The lowest BCUT2D eigenvalue weighted by atomic mass is 9.69. The normalized spacial score (nSPS) is 11.9. The molecular formula is C24H21FOS. The molecule has 0 heterocycles. The molecule has 1 nitrogen and oxygen atoms in total. The van der Waals surface area contributed by atoms with Crippen molar-refractivity contribution in [2.45, 2.75) is 12.3 Å². The minimum absolute atomic E-state index is 0.121. The molecule has 3 rings (SSSR count). The zero-order valence-electron chi connectivity index (χ0n) is 15.1. The lowest BCUT2D eigenvalue weighted by molar-refractivity contribution is 0.328. The third-order valence-electron chi connectivity index (χ3n) is 4.50. The van der Waals surface area contributed by atoms with Gasteiger partial charge in [-0.15, -0.1) is 0 Å². The summed E-state index contributed by atoms with van der Waals surface area (Å²) in [5.74, 6) is -0.539. The van der Waals surface area contributed by atoms with Crippen molar-refractivity contribution in [1.29, 1.82) is 0 Å². The Morgan fingerprint density at radius 2 is 1.19 bits per heavy atom. The molecule has 0 saturated heterocycles. The molecule has 0 fully saturated rings. The topological polar surface area (TPSA) is 9.23 Å². The number of hydrogen-bond acceptors (Lipinski definition) is 2. The van der Waals surface area contributed by atoms with Crippen LogP contribution in [-0.4, -0.2) is 11.7 Å². The van der Waals surface area contributed by atoms with Gasteiger partial charge in [-0.25, -0.2) is 4.39 Å². The SMILES string of the molecule is CCOC(=S)/C(F)=C/C(c1ccccc1)(c1ccccc1)c1ccccc1. The third kappa shape index (κ3) is 3.99. The molecule has 0 atom stereocenters. The summed E-state index contributed by atoms with van der Waals surface area (Å²) >= 11 is 5.13. The highest BCUT2D eigenvalue weighted by atomic mass is 32.1. The fourth-order valence-corrected chi connectivity index (χ4v) is 3.48. The predicted octanol–water partition coefficient (Wildman–Crippen LogP) is 6.24. The van der Waals surface area contributed by atoms with E-state index in [-0.39, 0.29) is 5.05 Å². The monoisotopic (exact) mass is 376 g/mol. The number of halogens is 1. The van der Waals surface area contributed by atoms with Crippen molar-refractivity contribution in [2.24, 2.45) is 0 Å². The number of allylic oxidation sites excluding steroid dienone is 1. The van der Waals surface area contributed by atoms with Crippen LogP contribution in [0.4, 0.5) is 4.39 Å².